The second-order valence-corrected chi connectivity index (χ2v) is 9.73. The molecule has 0 saturated carbocycles. The van der Waals surface area contributed by atoms with Crippen molar-refractivity contribution in [1.29, 1.82) is 0 Å². The quantitative estimate of drug-likeness (QED) is 0.656. The smallest absolute Gasteiger partial charge is 0.145 e. The van der Waals surface area contributed by atoms with Gasteiger partial charge in [0.2, 0.25) is 0 Å². The SMILES string of the molecule is C1COCCN1.COc1ccc(P(=S)(S)OC)cc1. The molecular weight excluding hydrogens is 301 g/mol. The van der Waals surface area contributed by atoms with E-state index in [4.69, 9.17) is 25.8 Å². The summed E-state index contributed by atoms with van der Waals surface area (Å²) in [4.78, 5) is 0. The van der Waals surface area contributed by atoms with Crippen molar-refractivity contribution < 1.29 is 14.0 Å². The Morgan fingerprint density at radius 2 is 1.79 bits per heavy atom. The van der Waals surface area contributed by atoms with Crippen molar-refractivity contribution in [3.63, 3.8) is 0 Å². The van der Waals surface area contributed by atoms with E-state index in [9.17, 15) is 0 Å². The maximum atomic E-state index is 5.20. The van der Waals surface area contributed by atoms with Crippen LogP contribution in [0.15, 0.2) is 24.3 Å². The summed E-state index contributed by atoms with van der Waals surface area (Å²) in [6.45, 7) is 3.83. The van der Waals surface area contributed by atoms with Crippen LogP contribution < -0.4 is 15.4 Å². The number of benzene rings is 1. The van der Waals surface area contributed by atoms with Crippen LogP contribution in [0.1, 0.15) is 0 Å². The summed E-state index contributed by atoms with van der Waals surface area (Å²) < 4.78 is 15.2. The normalized spacial score (nSPS) is 17.8. The van der Waals surface area contributed by atoms with Gasteiger partial charge in [-0.05, 0) is 24.3 Å². The van der Waals surface area contributed by atoms with E-state index in [0.29, 0.717) is 0 Å². The minimum absolute atomic E-state index is 0.809. The van der Waals surface area contributed by atoms with E-state index in [1.54, 1.807) is 14.2 Å². The zero-order valence-electron chi connectivity index (χ0n) is 11.2. The van der Waals surface area contributed by atoms with Gasteiger partial charge in [0, 0.05) is 25.5 Å². The van der Waals surface area contributed by atoms with Crippen molar-refractivity contribution in [2.24, 2.45) is 0 Å². The van der Waals surface area contributed by atoms with E-state index in [1.165, 1.54) is 0 Å². The minimum atomic E-state index is -2.08. The largest absolute Gasteiger partial charge is 0.497 e. The summed E-state index contributed by atoms with van der Waals surface area (Å²) in [7, 11) is 3.21. The van der Waals surface area contributed by atoms with Gasteiger partial charge in [0.05, 0.1) is 20.3 Å². The Morgan fingerprint density at radius 1 is 1.21 bits per heavy atom. The molecule has 1 unspecified atom stereocenters. The van der Waals surface area contributed by atoms with Gasteiger partial charge in [0.15, 0.2) is 0 Å². The first-order valence-electron chi connectivity index (χ1n) is 5.92. The highest BCUT2D eigenvalue weighted by Gasteiger charge is 2.12. The first-order valence-corrected chi connectivity index (χ1v) is 9.79. The van der Waals surface area contributed by atoms with Crippen LogP contribution in [0.2, 0.25) is 0 Å². The van der Waals surface area contributed by atoms with Gasteiger partial charge in [-0.1, -0.05) is 11.8 Å². The Kier molecular flexibility index (Phi) is 7.99. The molecule has 0 bridgehead atoms. The number of thiol groups is 1. The van der Waals surface area contributed by atoms with Crippen molar-refractivity contribution in [3.05, 3.63) is 24.3 Å². The number of nitrogens with one attached hydrogen (secondary N) is 1. The van der Waals surface area contributed by atoms with E-state index in [-0.39, 0.29) is 0 Å². The average Bonchev–Trinajstić information content (AvgIpc) is 2.50. The maximum Gasteiger partial charge on any atom is 0.145 e. The van der Waals surface area contributed by atoms with Crippen LogP contribution in [-0.4, -0.2) is 40.5 Å². The third-order valence-electron chi connectivity index (χ3n) is 2.49. The lowest BCUT2D eigenvalue weighted by Gasteiger charge is -2.13. The van der Waals surface area contributed by atoms with E-state index in [2.05, 4.69) is 17.6 Å². The second-order valence-electron chi connectivity index (χ2n) is 3.76. The third kappa shape index (κ3) is 6.25. The lowest BCUT2D eigenvalue weighted by atomic mass is 10.3. The Bertz CT molecular complexity index is 398. The third-order valence-corrected chi connectivity index (χ3v) is 6.20. The Hall–Kier alpha value is -0.100. The summed E-state index contributed by atoms with van der Waals surface area (Å²) in [6.07, 6.45) is 0. The molecule has 0 aliphatic carbocycles. The molecule has 1 aromatic rings. The molecule has 1 N–H and O–H groups in total. The minimum Gasteiger partial charge on any atom is -0.497 e. The molecule has 0 amide bonds. The molecular formula is C12H20NO3PS2. The van der Waals surface area contributed by atoms with Gasteiger partial charge in [-0.25, -0.2) is 0 Å². The molecule has 19 heavy (non-hydrogen) atoms. The van der Waals surface area contributed by atoms with E-state index >= 15 is 0 Å². The van der Waals surface area contributed by atoms with Crippen molar-refractivity contribution in [3.8, 4) is 5.75 Å². The van der Waals surface area contributed by atoms with E-state index < -0.39 is 5.47 Å². The number of morpholine rings is 1. The highest BCUT2D eigenvalue weighted by atomic mass is 32.9. The number of hydrogen-bond acceptors (Lipinski definition) is 5. The highest BCUT2D eigenvalue weighted by molar-refractivity contribution is 8.64. The van der Waals surface area contributed by atoms with Crippen molar-refractivity contribution in [2.75, 3.05) is 40.5 Å². The molecule has 0 spiro atoms. The summed E-state index contributed by atoms with van der Waals surface area (Å²) >= 11 is 9.51. The highest BCUT2D eigenvalue weighted by Crippen LogP contribution is 2.50. The molecule has 1 aromatic carbocycles. The van der Waals surface area contributed by atoms with Crippen molar-refractivity contribution in [2.45, 2.75) is 0 Å². The van der Waals surface area contributed by atoms with Crippen LogP contribution in [-0.2, 0) is 21.1 Å². The molecule has 1 atom stereocenters. The van der Waals surface area contributed by atoms with Crippen molar-refractivity contribution in [1.82, 2.24) is 5.32 Å². The average molecular weight is 321 g/mol. The summed E-state index contributed by atoms with van der Waals surface area (Å²) in [5.41, 5.74) is -2.08. The lowest BCUT2D eigenvalue weighted by Crippen LogP contribution is -2.30. The summed E-state index contributed by atoms with van der Waals surface area (Å²) in [5, 5.41) is 4.10. The molecule has 4 nitrogen and oxygen atoms in total. The van der Waals surface area contributed by atoms with Crippen LogP contribution in [0.25, 0.3) is 0 Å². The fraction of sp³-hybridized carbons (Fsp3) is 0.500. The molecule has 1 aliphatic rings. The molecule has 1 aliphatic heterocycles. The zero-order valence-corrected chi connectivity index (χ0v) is 13.8. The predicted octanol–water partition coefficient (Wildman–Crippen LogP) is 1.81. The van der Waals surface area contributed by atoms with Gasteiger partial charge in [-0.15, -0.1) is 12.2 Å². The van der Waals surface area contributed by atoms with E-state index in [0.717, 1.165) is 37.4 Å². The van der Waals surface area contributed by atoms with Gasteiger partial charge in [-0.3, -0.25) is 0 Å². The van der Waals surface area contributed by atoms with Crippen LogP contribution in [0, 0.1) is 0 Å². The Morgan fingerprint density at radius 3 is 2.11 bits per heavy atom. The molecule has 7 heteroatoms. The molecule has 1 fully saturated rings. The molecule has 0 radical (unpaired) electrons. The van der Waals surface area contributed by atoms with Crippen LogP contribution in [0.3, 0.4) is 0 Å². The molecule has 108 valence electrons. The summed E-state index contributed by atoms with van der Waals surface area (Å²) in [5.74, 6) is 0.809. The number of rotatable bonds is 3. The number of ether oxygens (including phenoxy) is 2. The Balaban J connectivity index is 0.000000250. The van der Waals surface area contributed by atoms with Crippen LogP contribution >= 0.6 is 17.7 Å². The molecule has 1 heterocycles. The van der Waals surface area contributed by atoms with Gasteiger partial charge in [-0.2, -0.15) is 0 Å². The van der Waals surface area contributed by atoms with Gasteiger partial charge < -0.3 is 19.3 Å². The first-order chi connectivity index (χ1) is 9.10. The zero-order chi connectivity index (χ0) is 14.1. The summed E-state index contributed by atoms with van der Waals surface area (Å²) in [6, 6.07) is 7.48. The lowest BCUT2D eigenvalue weighted by molar-refractivity contribution is 0.109. The second kappa shape index (κ2) is 8.95. The predicted molar refractivity (Wildman–Crippen MR) is 86.6 cm³/mol. The molecule has 1 saturated heterocycles. The first kappa shape index (κ1) is 17.0. The number of hydrogen-bond donors (Lipinski definition) is 2. The fourth-order valence-electron chi connectivity index (χ4n) is 1.39. The number of methoxy groups -OCH3 is 1. The van der Waals surface area contributed by atoms with Crippen molar-refractivity contribution >= 4 is 34.8 Å². The topological polar surface area (TPSA) is 39.7 Å². The molecule has 2 rings (SSSR count). The van der Waals surface area contributed by atoms with Gasteiger partial charge in [0.1, 0.15) is 11.2 Å². The maximum absolute atomic E-state index is 5.20. The van der Waals surface area contributed by atoms with Crippen LogP contribution in [0.5, 0.6) is 5.75 Å². The fourth-order valence-corrected chi connectivity index (χ4v) is 2.89. The van der Waals surface area contributed by atoms with Gasteiger partial charge >= 0.3 is 0 Å². The monoisotopic (exact) mass is 321 g/mol. The van der Waals surface area contributed by atoms with Gasteiger partial charge in [0.25, 0.3) is 0 Å². The van der Waals surface area contributed by atoms with E-state index in [1.807, 2.05) is 24.3 Å². The van der Waals surface area contributed by atoms with Crippen LogP contribution in [0.4, 0.5) is 0 Å². The standard InChI is InChI=1S/C8H11O2PS2.C4H9NO/c1-9-7-3-5-8(6-4-7)11(12,13)10-2;1-3-6-4-2-5-1/h3-6H,1-2H3,(H,12,13);5H,1-4H2. The molecule has 0 aromatic heterocycles. The Labute approximate surface area is 125 Å².